The molecule has 0 spiro atoms. The molecule has 0 saturated heterocycles. The lowest BCUT2D eigenvalue weighted by Gasteiger charge is -2.09. The van der Waals surface area contributed by atoms with Crippen molar-refractivity contribution in [2.24, 2.45) is 7.05 Å². The highest BCUT2D eigenvalue weighted by Crippen LogP contribution is 2.32. The van der Waals surface area contributed by atoms with Gasteiger partial charge in [-0.2, -0.15) is 8.42 Å². The second kappa shape index (κ2) is 5.20. The zero-order valence-corrected chi connectivity index (χ0v) is 12.6. The summed E-state index contributed by atoms with van der Waals surface area (Å²) in [4.78, 5) is 3.74. The fourth-order valence-corrected chi connectivity index (χ4v) is 3.49. The van der Waals surface area contributed by atoms with Gasteiger partial charge in [-0.1, -0.05) is 40.9 Å². The quantitative estimate of drug-likeness (QED) is 0.933. The van der Waals surface area contributed by atoms with E-state index in [4.69, 9.17) is 34.8 Å². The number of aromatic nitrogens is 2. The van der Waals surface area contributed by atoms with Crippen molar-refractivity contribution >= 4 is 50.5 Å². The van der Waals surface area contributed by atoms with Crippen molar-refractivity contribution in [2.45, 2.75) is 5.03 Å². The molecule has 0 aliphatic rings. The summed E-state index contributed by atoms with van der Waals surface area (Å²) in [5.74, 6) is 0. The van der Waals surface area contributed by atoms with Gasteiger partial charge in [0.2, 0.25) is 5.03 Å². The van der Waals surface area contributed by atoms with Crippen molar-refractivity contribution in [3.05, 3.63) is 39.7 Å². The Bertz CT molecular complexity index is 707. The normalized spacial score (nSPS) is 11.6. The largest absolute Gasteiger partial charge is 0.324 e. The van der Waals surface area contributed by atoms with Gasteiger partial charge in [0.1, 0.15) is 5.15 Å². The number of nitrogens with zero attached hydrogens (tertiary/aromatic N) is 2. The second-order valence-corrected chi connectivity index (χ2v) is 6.42. The average Bonchev–Trinajstić information content (AvgIpc) is 2.66. The standard InChI is InChI=1S/C10H8Cl3N3O2S/c1-16-5-14-10(9(16)13)19(17,18)15-8-6(11)3-2-4-7(8)12/h2-5,15H,1H3. The third kappa shape index (κ3) is 2.81. The first-order valence-corrected chi connectivity index (χ1v) is 7.58. The number of hydrogen-bond donors (Lipinski definition) is 1. The van der Waals surface area contributed by atoms with Gasteiger partial charge in [-0.3, -0.25) is 4.72 Å². The van der Waals surface area contributed by atoms with Crippen molar-refractivity contribution in [3.8, 4) is 0 Å². The number of anilines is 1. The van der Waals surface area contributed by atoms with Gasteiger partial charge in [0.15, 0.2) is 0 Å². The van der Waals surface area contributed by atoms with Crippen LogP contribution >= 0.6 is 34.8 Å². The molecule has 9 heteroatoms. The van der Waals surface area contributed by atoms with Crippen molar-refractivity contribution in [1.29, 1.82) is 0 Å². The van der Waals surface area contributed by atoms with E-state index >= 15 is 0 Å². The zero-order chi connectivity index (χ0) is 14.2. The number of nitrogens with one attached hydrogen (secondary N) is 1. The molecule has 5 nitrogen and oxygen atoms in total. The van der Waals surface area contributed by atoms with Gasteiger partial charge in [0.25, 0.3) is 10.0 Å². The minimum absolute atomic E-state index is 0.00400. The number of imidazole rings is 1. The van der Waals surface area contributed by atoms with Crippen LogP contribution in [0.4, 0.5) is 5.69 Å². The van der Waals surface area contributed by atoms with E-state index in [0.29, 0.717) is 0 Å². The second-order valence-electron chi connectivity index (χ2n) is 3.65. The number of aryl methyl sites for hydroxylation is 1. The molecule has 0 bridgehead atoms. The minimum Gasteiger partial charge on any atom is -0.324 e. The van der Waals surface area contributed by atoms with Crippen LogP contribution in [0.3, 0.4) is 0 Å². The van der Waals surface area contributed by atoms with Crippen LogP contribution in [-0.4, -0.2) is 18.0 Å². The summed E-state index contributed by atoms with van der Waals surface area (Å²) < 4.78 is 28.0. The molecule has 0 amide bonds. The first-order valence-electron chi connectivity index (χ1n) is 4.96. The highest BCUT2D eigenvalue weighted by atomic mass is 35.5. The summed E-state index contributed by atoms with van der Waals surface area (Å²) in [5, 5.41) is 0.0783. The van der Waals surface area contributed by atoms with Gasteiger partial charge in [-0.15, -0.1) is 0 Å². The van der Waals surface area contributed by atoms with Crippen molar-refractivity contribution in [3.63, 3.8) is 0 Å². The number of para-hydroxylation sites is 1. The maximum atomic E-state index is 12.2. The molecule has 0 fully saturated rings. The van der Waals surface area contributed by atoms with Crippen LogP contribution in [0.2, 0.25) is 15.2 Å². The molecule has 0 saturated carbocycles. The van der Waals surface area contributed by atoms with Gasteiger partial charge in [-0.25, -0.2) is 4.98 Å². The van der Waals surface area contributed by atoms with E-state index in [1.807, 2.05) is 0 Å². The fourth-order valence-electron chi connectivity index (χ4n) is 1.35. The lowest BCUT2D eigenvalue weighted by Crippen LogP contribution is -2.14. The first-order chi connectivity index (χ1) is 8.83. The smallest absolute Gasteiger partial charge is 0.282 e. The Morgan fingerprint density at radius 1 is 1.21 bits per heavy atom. The first kappa shape index (κ1) is 14.5. The maximum Gasteiger partial charge on any atom is 0.282 e. The molecule has 102 valence electrons. The van der Waals surface area contributed by atoms with Gasteiger partial charge in [0, 0.05) is 7.05 Å². The van der Waals surface area contributed by atoms with Gasteiger partial charge < -0.3 is 4.57 Å². The third-order valence-corrected chi connectivity index (χ3v) is 4.76. The molecule has 2 rings (SSSR count). The maximum absolute atomic E-state index is 12.2. The lowest BCUT2D eigenvalue weighted by atomic mass is 10.3. The molecule has 19 heavy (non-hydrogen) atoms. The minimum atomic E-state index is -3.95. The molecular formula is C10H8Cl3N3O2S. The van der Waals surface area contributed by atoms with Crippen LogP contribution in [0.25, 0.3) is 0 Å². The predicted molar refractivity (Wildman–Crippen MR) is 75.5 cm³/mol. The number of halogens is 3. The third-order valence-electron chi connectivity index (χ3n) is 2.29. The van der Waals surface area contributed by atoms with Gasteiger partial charge in [0.05, 0.1) is 22.1 Å². The van der Waals surface area contributed by atoms with Crippen LogP contribution in [0.1, 0.15) is 0 Å². The molecule has 0 aliphatic carbocycles. The average molecular weight is 341 g/mol. The summed E-state index contributed by atoms with van der Waals surface area (Å²) in [7, 11) is -2.37. The predicted octanol–water partition coefficient (Wildman–Crippen LogP) is 3.18. The van der Waals surface area contributed by atoms with Crippen LogP contribution < -0.4 is 4.72 Å². The summed E-state index contributed by atoms with van der Waals surface area (Å²) in [6, 6.07) is 4.65. The van der Waals surface area contributed by atoms with Crippen LogP contribution in [0.15, 0.2) is 29.6 Å². The van der Waals surface area contributed by atoms with Crippen molar-refractivity contribution in [2.75, 3.05) is 4.72 Å². The SMILES string of the molecule is Cn1cnc(S(=O)(=O)Nc2c(Cl)cccc2Cl)c1Cl. The van der Waals surface area contributed by atoms with Crippen LogP contribution in [0.5, 0.6) is 0 Å². The molecule has 2 aromatic rings. The Balaban J connectivity index is 2.46. The molecule has 1 aromatic carbocycles. The molecule has 0 aliphatic heterocycles. The van der Waals surface area contributed by atoms with E-state index in [9.17, 15) is 8.42 Å². The Morgan fingerprint density at radius 3 is 2.26 bits per heavy atom. The molecule has 0 radical (unpaired) electrons. The van der Waals surface area contributed by atoms with E-state index < -0.39 is 10.0 Å². The van der Waals surface area contributed by atoms with E-state index in [-0.39, 0.29) is 25.9 Å². The molecular weight excluding hydrogens is 333 g/mol. The molecule has 1 heterocycles. The summed E-state index contributed by atoms with van der Waals surface area (Å²) >= 11 is 17.7. The van der Waals surface area contributed by atoms with Gasteiger partial charge >= 0.3 is 0 Å². The number of sulfonamides is 1. The summed E-state index contributed by atoms with van der Waals surface area (Å²) in [5.41, 5.74) is 0.0903. The Morgan fingerprint density at radius 2 is 1.79 bits per heavy atom. The molecule has 0 atom stereocenters. The highest BCUT2D eigenvalue weighted by molar-refractivity contribution is 7.92. The van der Waals surface area contributed by atoms with E-state index in [1.54, 1.807) is 13.1 Å². The highest BCUT2D eigenvalue weighted by Gasteiger charge is 2.24. The molecule has 1 N–H and O–H groups in total. The van der Waals surface area contributed by atoms with E-state index in [0.717, 1.165) is 0 Å². The Kier molecular flexibility index (Phi) is 3.96. The lowest BCUT2D eigenvalue weighted by molar-refractivity contribution is 0.598. The topological polar surface area (TPSA) is 64.0 Å². The number of rotatable bonds is 3. The fraction of sp³-hybridized carbons (Fsp3) is 0.100. The molecule has 1 aromatic heterocycles. The Hall–Kier alpha value is -0.950. The van der Waals surface area contributed by atoms with Crippen LogP contribution in [-0.2, 0) is 17.1 Å². The van der Waals surface area contributed by atoms with E-state index in [1.165, 1.54) is 23.0 Å². The van der Waals surface area contributed by atoms with Crippen LogP contribution in [0, 0.1) is 0 Å². The molecule has 0 unspecified atom stereocenters. The monoisotopic (exact) mass is 339 g/mol. The van der Waals surface area contributed by atoms with Gasteiger partial charge in [-0.05, 0) is 12.1 Å². The summed E-state index contributed by atoms with van der Waals surface area (Å²) in [6.07, 6.45) is 1.30. The Labute approximate surface area is 125 Å². The summed E-state index contributed by atoms with van der Waals surface area (Å²) in [6.45, 7) is 0. The van der Waals surface area contributed by atoms with Crippen molar-refractivity contribution in [1.82, 2.24) is 9.55 Å². The van der Waals surface area contributed by atoms with Crippen molar-refractivity contribution < 1.29 is 8.42 Å². The zero-order valence-electron chi connectivity index (χ0n) is 9.56. The van der Waals surface area contributed by atoms with E-state index in [2.05, 4.69) is 9.71 Å². The number of benzene rings is 1. The number of hydrogen-bond acceptors (Lipinski definition) is 3.